The normalized spacial score (nSPS) is 18.2. The highest BCUT2D eigenvalue weighted by atomic mass is 16.2. The number of benzene rings is 1. The van der Waals surface area contributed by atoms with Gasteiger partial charge in [-0.25, -0.2) is 0 Å². The van der Waals surface area contributed by atoms with E-state index in [0.29, 0.717) is 24.9 Å². The van der Waals surface area contributed by atoms with Gasteiger partial charge in [-0.2, -0.15) is 10.2 Å². The molecule has 0 N–H and O–H groups in total. The van der Waals surface area contributed by atoms with Crippen molar-refractivity contribution in [2.45, 2.75) is 25.3 Å². The Morgan fingerprint density at radius 3 is 2.25 bits per heavy atom. The highest BCUT2D eigenvalue weighted by molar-refractivity contribution is 6.08. The fourth-order valence-electron chi connectivity index (χ4n) is 1.64. The van der Waals surface area contributed by atoms with Crippen molar-refractivity contribution in [3.8, 4) is 0 Å². The molecule has 1 aromatic carbocycles. The summed E-state index contributed by atoms with van der Waals surface area (Å²) in [5.74, 6) is -0.230. The molecule has 0 amide bonds. The maximum absolute atomic E-state index is 11.5. The van der Waals surface area contributed by atoms with Gasteiger partial charge in [-0.15, -0.1) is 0 Å². The molecule has 1 aliphatic carbocycles. The van der Waals surface area contributed by atoms with Crippen molar-refractivity contribution in [3.63, 3.8) is 0 Å². The van der Waals surface area contributed by atoms with Crippen LogP contribution in [0.5, 0.6) is 0 Å². The number of rotatable bonds is 2. The Bertz CT molecular complexity index is 410. The van der Waals surface area contributed by atoms with Crippen LogP contribution in [-0.4, -0.2) is 17.6 Å². The van der Waals surface area contributed by atoms with E-state index in [1.165, 1.54) is 0 Å². The summed E-state index contributed by atoms with van der Waals surface area (Å²) in [4.78, 5) is 22.9. The van der Waals surface area contributed by atoms with E-state index in [4.69, 9.17) is 0 Å². The Morgan fingerprint density at radius 2 is 1.62 bits per heavy atom. The number of carbonyl (C=O) groups is 2. The molecule has 0 aliphatic heterocycles. The van der Waals surface area contributed by atoms with E-state index in [1.54, 1.807) is 12.1 Å². The predicted octanol–water partition coefficient (Wildman–Crippen LogP) is 2.46. The van der Waals surface area contributed by atoms with Gasteiger partial charge in [0.05, 0.1) is 5.69 Å². The number of hydrogen-bond acceptors (Lipinski definition) is 4. The molecule has 0 aromatic heterocycles. The van der Waals surface area contributed by atoms with Crippen LogP contribution in [-0.2, 0) is 9.59 Å². The van der Waals surface area contributed by atoms with Crippen molar-refractivity contribution < 1.29 is 9.59 Å². The molecule has 0 bridgehead atoms. The molecule has 0 radical (unpaired) electrons. The zero-order valence-electron chi connectivity index (χ0n) is 8.80. The number of nitrogens with zero attached hydrogens (tertiary/aromatic N) is 2. The average molecular weight is 216 g/mol. The molecule has 1 saturated carbocycles. The van der Waals surface area contributed by atoms with Gasteiger partial charge >= 0.3 is 0 Å². The largest absolute Gasteiger partial charge is 0.297 e. The summed E-state index contributed by atoms with van der Waals surface area (Å²) in [6, 6.07) is 8.23. The van der Waals surface area contributed by atoms with Crippen LogP contribution in [0, 0.1) is 0 Å². The first-order valence-electron chi connectivity index (χ1n) is 5.29. The summed E-state index contributed by atoms with van der Waals surface area (Å²) in [6.07, 6.45) is 1.52. The molecule has 82 valence electrons. The fourth-order valence-corrected chi connectivity index (χ4v) is 1.64. The van der Waals surface area contributed by atoms with Crippen molar-refractivity contribution in [3.05, 3.63) is 30.3 Å². The maximum atomic E-state index is 11.5. The molecule has 1 aliphatic rings. The van der Waals surface area contributed by atoms with E-state index in [2.05, 4.69) is 10.2 Å². The van der Waals surface area contributed by atoms with Gasteiger partial charge in [0.2, 0.25) is 0 Å². The summed E-state index contributed by atoms with van der Waals surface area (Å²) in [6.45, 7) is 0. The summed E-state index contributed by atoms with van der Waals surface area (Å²) in [7, 11) is 0. The second-order valence-corrected chi connectivity index (χ2v) is 3.74. The van der Waals surface area contributed by atoms with Crippen molar-refractivity contribution in [2.24, 2.45) is 10.2 Å². The molecule has 2 rings (SSSR count). The molecule has 1 fully saturated rings. The minimum Gasteiger partial charge on any atom is -0.297 e. The fraction of sp³-hybridized carbons (Fsp3) is 0.333. The molecule has 0 spiro atoms. The average Bonchev–Trinajstić information content (AvgIpc) is 2.30. The standard InChI is InChI=1S/C12H12N2O2/c15-10-7-4-8-11(16)12(10)14-13-9-5-2-1-3-6-9/h1-3,5-6,12H,4,7-8H2. The zero-order chi connectivity index (χ0) is 11.4. The highest BCUT2D eigenvalue weighted by Gasteiger charge is 2.29. The second kappa shape index (κ2) is 4.79. The molecular weight excluding hydrogens is 204 g/mol. The van der Waals surface area contributed by atoms with E-state index >= 15 is 0 Å². The van der Waals surface area contributed by atoms with Crippen LogP contribution in [0.4, 0.5) is 5.69 Å². The number of azo groups is 1. The van der Waals surface area contributed by atoms with E-state index in [9.17, 15) is 9.59 Å². The lowest BCUT2D eigenvalue weighted by Crippen LogP contribution is -2.31. The molecule has 0 heterocycles. The molecule has 1 aromatic rings. The van der Waals surface area contributed by atoms with E-state index in [0.717, 1.165) is 0 Å². The lowest BCUT2D eigenvalue weighted by molar-refractivity contribution is -0.131. The van der Waals surface area contributed by atoms with Gasteiger partial charge in [0.1, 0.15) is 0 Å². The van der Waals surface area contributed by atoms with Crippen LogP contribution in [0.25, 0.3) is 0 Å². The van der Waals surface area contributed by atoms with Gasteiger partial charge in [-0.05, 0) is 18.6 Å². The van der Waals surface area contributed by atoms with Crippen LogP contribution in [0.1, 0.15) is 19.3 Å². The number of hydrogen-bond donors (Lipinski definition) is 0. The van der Waals surface area contributed by atoms with E-state index in [1.807, 2.05) is 18.2 Å². The minimum absolute atomic E-state index is 0.115. The smallest absolute Gasteiger partial charge is 0.187 e. The SMILES string of the molecule is O=C1CCCC(=O)C1N=Nc1ccccc1. The first-order valence-corrected chi connectivity index (χ1v) is 5.29. The zero-order valence-corrected chi connectivity index (χ0v) is 8.80. The van der Waals surface area contributed by atoms with E-state index in [-0.39, 0.29) is 11.6 Å². The Balaban J connectivity index is 2.11. The summed E-state index contributed by atoms with van der Waals surface area (Å²) >= 11 is 0. The first-order chi connectivity index (χ1) is 7.77. The van der Waals surface area contributed by atoms with E-state index < -0.39 is 6.04 Å². The highest BCUT2D eigenvalue weighted by Crippen LogP contribution is 2.17. The Labute approximate surface area is 93.4 Å². The van der Waals surface area contributed by atoms with Crippen molar-refractivity contribution in [1.82, 2.24) is 0 Å². The second-order valence-electron chi connectivity index (χ2n) is 3.74. The molecule has 0 unspecified atom stereocenters. The van der Waals surface area contributed by atoms with Crippen LogP contribution in [0.15, 0.2) is 40.6 Å². The van der Waals surface area contributed by atoms with Gasteiger partial charge < -0.3 is 0 Å². The Morgan fingerprint density at radius 1 is 1.00 bits per heavy atom. The summed E-state index contributed by atoms with van der Waals surface area (Å²) in [5.41, 5.74) is 0.661. The van der Waals surface area contributed by atoms with Crippen molar-refractivity contribution >= 4 is 17.3 Å². The number of carbonyl (C=O) groups excluding carboxylic acids is 2. The summed E-state index contributed by atoms with van der Waals surface area (Å²) < 4.78 is 0. The van der Waals surface area contributed by atoms with Crippen molar-refractivity contribution in [2.75, 3.05) is 0 Å². The molecule has 4 heteroatoms. The number of ketones is 2. The molecule has 16 heavy (non-hydrogen) atoms. The Kier molecular flexibility index (Phi) is 3.19. The van der Waals surface area contributed by atoms with Crippen LogP contribution >= 0.6 is 0 Å². The van der Waals surface area contributed by atoms with Gasteiger partial charge in [0, 0.05) is 12.8 Å². The van der Waals surface area contributed by atoms with Crippen LogP contribution < -0.4 is 0 Å². The third-order valence-electron chi connectivity index (χ3n) is 2.50. The first kappa shape index (κ1) is 10.7. The Hall–Kier alpha value is -1.84. The third kappa shape index (κ3) is 2.39. The molecular formula is C12H12N2O2. The van der Waals surface area contributed by atoms with Crippen LogP contribution in [0.3, 0.4) is 0 Å². The predicted molar refractivity (Wildman–Crippen MR) is 58.6 cm³/mol. The summed E-state index contributed by atoms with van der Waals surface area (Å²) in [5, 5.41) is 7.76. The van der Waals surface area contributed by atoms with Gasteiger partial charge in [0.25, 0.3) is 0 Å². The minimum atomic E-state index is -0.867. The molecule has 0 atom stereocenters. The molecule has 4 nitrogen and oxygen atoms in total. The lowest BCUT2D eigenvalue weighted by Gasteiger charge is -2.13. The number of Topliss-reactive ketones (excluding diaryl/α,β-unsaturated/α-hetero) is 2. The lowest BCUT2D eigenvalue weighted by atomic mass is 9.93. The van der Waals surface area contributed by atoms with Gasteiger partial charge in [-0.1, -0.05) is 18.2 Å². The third-order valence-corrected chi connectivity index (χ3v) is 2.50. The van der Waals surface area contributed by atoms with Gasteiger partial charge in [0.15, 0.2) is 17.6 Å². The van der Waals surface area contributed by atoms with Crippen molar-refractivity contribution in [1.29, 1.82) is 0 Å². The monoisotopic (exact) mass is 216 g/mol. The van der Waals surface area contributed by atoms with Crippen LogP contribution in [0.2, 0.25) is 0 Å². The molecule has 0 saturated heterocycles. The quantitative estimate of drug-likeness (QED) is 0.563. The van der Waals surface area contributed by atoms with Gasteiger partial charge in [-0.3, -0.25) is 9.59 Å². The maximum Gasteiger partial charge on any atom is 0.187 e. The topological polar surface area (TPSA) is 58.9 Å².